The predicted molar refractivity (Wildman–Crippen MR) is 109 cm³/mol. The highest BCUT2D eigenvalue weighted by Crippen LogP contribution is 2.35. The Labute approximate surface area is 170 Å². The minimum Gasteiger partial charge on any atom is -0.494 e. The smallest absolute Gasteiger partial charge is 0.257 e. The standard InChI is InChI=1S/C23H24N2O4/c1-3-29-18-12-10-17(11-13-18)25-21(26)14-20(23(25)28)24(16-8-9-16)22(27)19-7-5-4-6-15(19)2/h4-7,10-13,16,20H,3,8-9,14H2,1-2H3. The quantitative estimate of drug-likeness (QED) is 0.708. The van der Waals surface area contributed by atoms with Crippen LogP contribution in [-0.4, -0.2) is 41.3 Å². The highest BCUT2D eigenvalue weighted by atomic mass is 16.5. The summed E-state index contributed by atoms with van der Waals surface area (Å²) < 4.78 is 5.43. The largest absolute Gasteiger partial charge is 0.494 e. The van der Waals surface area contributed by atoms with Gasteiger partial charge in [0, 0.05) is 11.6 Å². The van der Waals surface area contributed by atoms with E-state index >= 15 is 0 Å². The Morgan fingerprint density at radius 1 is 1.10 bits per heavy atom. The molecule has 1 saturated carbocycles. The zero-order valence-electron chi connectivity index (χ0n) is 16.6. The van der Waals surface area contributed by atoms with Gasteiger partial charge in [-0.3, -0.25) is 14.4 Å². The minimum absolute atomic E-state index is 0.0141. The number of rotatable bonds is 6. The third-order valence-corrected chi connectivity index (χ3v) is 5.41. The van der Waals surface area contributed by atoms with Gasteiger partial charge in [0.25, 0.3) is 11.8 Å². The number of hydrogen-bond donors (Lipinski definition) is 0. The van der Waals surface area contributed by atoms with Crippen LogP contribution in [0, 0.1) is 6.92 Å². The summed E-state index contributed by atoms with van der Waals surface area (Å²) in [4.78, 5) is 42.0. The number of hydrogen-bond acceptors (Lipinski definition) is 4. The number of benzene rings is 2. The van der Waals surface area contributed by atoms with Crippen molar-refractivity contribution in [3.8, 4) is 5.75 Å². The summed E-state index contributed by atoms with van der Waals surface area (Å²) in [5.74, 6) is -0.119. The van der Waals surface area contributed by atoms with Crippen molar-refractivity contribution >= 4 is 23.4 Å². The number of carbonyl (C=O) groups excluding carboxylic acids is 3. The van der Waals surface area contributed by atoms with E-state index in [1.165, 1.54) is 4.90 Å². The number of imide groups is 1. The summed E-state index contributed by atoms with van der Waals surface area (Å²) in [6, 6.07) is 13.5. The fourth-order valence-corrected chi connectivity index (χ4v) is 3.83. The molecule has 6 nitrogen and oxygen atoms in total. The first kappa shape index (κ1) is 19.2. The molecule has 1 atom stereocenters. The molecule has 2 aromatic carbocycles. The second kappa shape index (κ2) is 7.70. The third kappa shape index (κ3) is 3.62. The van der Waals surface area contributed by atoms with E-state index in [1.807, 2.05) is 32.0 Å². The molecule has 6 heteroatoms. The van der Waals surface area contributed by atoms with E-state index in [4.69, 9.17) is 4.74 Å². The highest BCUT2D eigenvalue weighted by Gasteiger charge is 2.49. The summed E-state index contributed by atoms with van der Waals surface area (Å²) in [6.45, 7) is 4.32. The van der Waals surface area contributed by atoms with Crippen molar-refractivity contribution < 1.29 is 19.1 Å². The van der Waals surface area contributed by atoms with Crippen LogP contribution in [0.1, 0.15) is 42.1 Å². The monoisotopic (exact) mass is 392 g/mol. The fraction of sp³-hybridized carbons (Fsp3) is 0.348. The Hall–Kier alpha value is -3.15. The van der Waals surface area contributed by atoms with Gasteiger partial charge in [-0.15, -0.1) is 0 Å². The van der Waals surface area contributed by atoms with Gasteiger partial charge in [0.1, 0.15) is 11.8 Å². The van der Waals surface area contributed by atoms with E-state index in [1.54, 1.807) is 35.2 Å². The molecule has 3 amide bonds. The molecule has 2 aliphatic rings. The zero-order chi connectivity index (χ0) is 20.5. The SMILES string of the molecule is CCOc1ccc(N2C(=O)CC(N(C(=O)c3ccccc3C)C3CC3)C2=O)cc1. The Morgan fingerprint density at radius 3 is 2.41 bits per heavy atom. The Bertz CT molecular complexity index is 950. The van der Waals surface area contributed by atoms with Gasteiger partial charge in [-0.2, -0.15) is 0 Å². The van der Waals surface area contributed by atoms with Gasteiger partial charge in [-0.1, -0.05) is 18.2 Å². The second-order valence-electron chi connectivity index (χ2n) is 7.47. The Morgan fingerprint density at radius 2 is 1.79 bits per heavy atom. The first-order chi connectivity index (χ1) is 14.0. The van der Waals surface area contributed by atoms with Crippen molar-refractivity contribution in [3.63, 3.8) is 0 Å². The minimum atomic E-state index is -0.756. The highest BCUT2D eigenvalue weighted by molar-refractivity contribution is 6.23. The molecule has 2 fully saturated rings. The predicted octanol–water partition coefficient (Wildman–Crippen LogP) is 3.33. The number of amides is 3. The first-order valence-corrected chi connectivity index (χ1v) is 9.99. The van der Waals surface area contributed by atoms with E-state index in [9.17, 15) is 14.4 Å². The third-order valence-electron chi connectivity index (χ3n) is 5.41. The van der Waals surface area contributed by atoms with E-state index in [0.29, 0.717) is 23.6 Å². The van der Waals surface area contributed by atoms with Gasteiger partial charge in [-0.25, -0.2) is 4.90 Å². The Balaban J connectivity index is 1.61. The zero-order valence-corrected chi connectivity index (χ0v) is 16.6. The van der Waals surface area contributed by atoms with Gasteiger partial charge in [0.05, 0.1) is 18.7 Å². The molecule has 4 rings (SSSR count). The van der Waals surface area contributed by atoms with Crippen LogP contribution >= 0.6 is 0 Å². The van der Waals surface area contributed by atoms with Crippen LogP contribution in [0.5, 0.6) is 5.75 Å². The lowest BCUT2D eigenvalue weighted by molar-refractivity contribution is -0.122. The van der Waals surface area contributed by atoms with Crippen LogP contribution < -0.4 is 9.64 Å². The number of carbonyl (C=O) groups is 3. The molecule has 2 aromatic rings. The van der Waals surface area contributed by atoms with Gasteiger partial charge in [0.15, 0.2) is 0 Å². The van der Waals surface area contributed by atoms with Crippen LogP contribution in [0.15, 0.2) is 48.5 Å². The molecule has 1 unspecified atom stereocenters. The first-order valence-electron chi connectivity index (χ1n) is 9.99. The maximum absolute atomic E-state index is 13.3. The van der Waals surface area contributed by atoms with Crippen molar-refractivity contribution in [2.45, 2.75) is 45.2 Å². The average Bonchev–Trinajstić information content (AvgIpc) is 3.49. The number of aryl methyl sites for hydroxylation is 1. The number of nitrogens with zero attached hydrogens (tertiary/aromatic N) is 2. The fourth-order valence-electron chi connectivity index (χ4n) is 3.83. The van der Waals surface area contributed by atoms with Crippen LogP contribution in [0.3, 0.4) is 0 Å². The van der Waals surface area contributed by atoms with Crippen LogP contribution in [0.25, 0.3) is 0 Å². The molecule has 1 aliphatic heterocycles. The summed E-state index contributed by atoms with van der Waals surface area (Å²) in [6.07, 6.45) is 1.73. The van der Waals surface area contributed by atoms with Crippen molar-refractivity contribution in [1.82, 2.24) is 4.90 Å². The van der Waals surface area contributed by atoms with Crippen LogP contribution in [0.4, 0.5) is 5.69 Å². The molecule has 0 N–H and O–H groups in total. The normalized spacial score (nSPS) is 18.8. The maximum atomic E-state index is 13.3. The lowest BCUT2D eigenvalue weighted by atomic mass is 10.1. The molecule has 0 radical (unpaired) electrons. The van der Waals surface area contributed by atoms with E-state index in [2.05, 4.69) is 0 Å². The van der Waals surface area contributed by atoms with Crippen molar-refractivity contribution in [3.05, 3.63) is 59.7 Å². The van der Waals surface area contributed by atoms with Crippen LogP contribution in [0.2, 0.25) is 0 Å². The summed E-state index contributed by atoms with van der Waals surface area (Å²) in [7, 11) is 0. The van der Waals surface area contributed by atoms with Gasteiger partial charge < -0.3 is 9.64 Å². The molecule has 0 spiro atoms. The van der Waals surface area contributed by atoms with Crippen molar-refractivity contribution in [2.75, 3.05) is 11.5 Å². The van der Waals surface area contributed by atoms with Crippen molar-refractivity contribution in [2.24, 2.45) is 0 Å². The van der Waals surface area contributed by atoms with E-state index in [0.717, 1.165) is 18.4 Å². The Kier molecular flexibility index (Phi) is 5.09. The number of ether oxygens (including phenoxy) is 1. The maximum Gasteiger partial charge on any atom is 0.257 e. The summed E-state index contributed by atoms with van der Waals surface area (Å²) in [5.41, 5.74) is 1.95. The summed E-state index contributed by atoms with van der Waals surface area (Å²) in [5, 5.41) is 0. The van der Waals surface area contributed by atoms with E-state index in [-0.39, 0.29) is 30.2 Å². The molecule has 1 saturated heterocycles. The molecule has 0 bridgehead atoms. The molecular formula is C23H24N2O4. The lowest BCUT2D eigenvalue weighted by Crippen LogP contribution is -2.47. The average molecular weight is 392 g/mol. The molecule has 29 heavy (non-hydrogen) atoms. The van der Waals surface area contributed by atoms with Gasteiger partial charge in [-0.05, 0) is 62.6 Å². The van der Waals surface area contributed by atoms with E-state index < -0.39 is 6.04 Å². The molecular weight excluding hydrogens is 368 g/mol. The topological polar surface area (TPSA) is 66.9 Å². The molecule has 1 heterocycles. The molecule has 0 aromatic heterocycles. The lowest BCUT2D eigenvalue weighted by Gasteiger charge is -2.28. The number of anilines is 1. The summed E-state index contributed by atoms with van der Waals surface area (Å²) >= 11 is 0. The second-order valence-corrected chi connectivity index (χ2v) is 7.47. The van der Waals surface area contributed by atoms with Gasteiger partial charge in [0.2, 0.25) is 5.91 Å². The van der Waals surface area contributed by atoms with Crippen LogP contribution in [-0.2, 0) is 9.59 Å². The molecule has 1 aliphatic carbocycles. The van der Waals surface area contributed by atoms with Crippen molar-refractivity contribution in [1.29, 1.82) is 0 Å². The van der Waals surface area contributed by atoms with Gasteiger partial charge >= 0.3 is 0 Å². The molecule has 150 valence electrons.